The van der Waals surface area contributed by atoms with Gasteiger partial charge in [-0.2, -0.15) is 0 Å². The van der Waals surface area contributed by atoms with Gasteiger partial charge in [-0.25, -0.2) is 4.98 Å². The van der Waals surface area contributed by atoms with Crippen LogP contribution < -0.4 is 5.32 Å². The number of aromatic nitrogens is 1. The summed E-state index contributed by atoms with van der Waals surface area (Å²) in [6.07, 6.45) is 0. The number of nitrogens with one attached hydrogen (secondary N) is 1. The Labute approximate surface area is 176 Å². The van der Waals surface area contributed by atoms with Crippen molar-refractivity contribution in [2.24, 2.45) is 0 Å². The van der Waals surface area contributed by atoms with Gasteiger partial charge >= 0.3 is 0 Å². The summed E-state index contributed by atoms with van der Waals surface area (Å²) in [6.45, 7) is 3.40. The Kier molecular flexibility index (Phi) is 4.97. The van der Waals surface area contributed by atoms with Crippen LogP contribution in [-0.2, 0) is 0 Å². The molecule has 3 aromatic carbocycles. The van der Waals surface area contributed by atoms with E-state index in [1.165, 1.54) is 12.1 Å². The highest BCUT2D eigenvalue weighted by atomic mass is 35.5. The Morgan fingerprint density at radius 1 is 1.10 bits per heavy atom. The number of amides is 1. The first-order chi connectivity index (χ1) is 14.3. The van der Waals surface area contributed by atoms with Gasteiger partial charge in [0.1, 0.15) is 5.52 Å². The second kappa shape index (κ2) is 7.61. The van der Waals surface area contributed by atoms with Crippen LogP contribution in [0.15, 0.2) is 59.0 Å². The van der Waals surface area contributed by atoms with E-state index in [1.54, 1.807) is 43.3 Å². The molecule has 0 aliphatic carbocycles. The lowest BCUT2D eigenvalue weighted by Gasteiger charge is -2.12. The van der Waals surface area contributed by atoms with Crippen LogP contribution >= 0.6 is 11.6 Å². The number of hydrogen-bond donors (Lipinski definition) is 1. The van der Waals surface area contributed by atoms with Crippen LogP contribution in [0.1, 0.15) is 21.5 Å². The molecular weight excluding hydrogens is 406 g/mol. The van der Waals surface area contributed by atoms with Crippen molar-refractivity contribution in [2.45, 2.75) is 13.8 Å². The molecule has 4 rings (SSSR count). The van der Waals surface area contributed by atoms with Gasteiger partial charge < -0.3 is 9.73 Å². The molecule has 7 nitrogen and oxygen atoms in total. The topological polar surface area (TPSA) is 98.3 Å². The van der Waals surface area contributed by atoms with Crippen LogP contribution in [0.3, 0.4) is 0 Å². The summed E-state index contributed by atoms with van der Waals surface area (Å²) in [6, 6.07) is 15.0. The third-order valence-corrected chi connectivity index (χ3v) is 5.14. The summed E-state index contributed by atoms with van der Waals surface area (Å²) in [4.78, 5) is 27.9. The van der Waals surface area contributed by atoms with Gasteiger partial charge in [0.05, 0.1) is 4.92 Å². The normalized spacial score (nSPS) is 10.9. The highest BCUT2D eigenvalue weighted by molar-refractivity contribution is 6.31. The molecule has 0 aliphatic heterocycles. The van der Waals surface area contributed by atoms with Crippen molar-refractivity contribution < 1.29 is 14.1 Å². The molecule has 1 aromatic heterocycles. The van der Waals surface area contributed by atoms with Gasteiger partial charge in [0.2, 0.25) is 5.89 Å². The van der Waals surface area contributed by atoms with Crippen molar-refractivity contribution in [3.8, 4) is 11.5 Å². The number of anilines is 1. The summed E-state index contributed by atoms with van der Waals surface area (Å²) in [5.74, 6) is -0.0202. The summed E-state index contributed by atoms with van der Waals surface area (Å²) in [7, 11) is 0. The minimum Gasteiger partial charge on any atom is -0.436 e. The number of halogens is 1. The largest absolute Gasteiger partial charge is 0.436 e. The fraction of sp³-hybridized carbons (Fsp3) is 0.0909. The van der Waals surface area contributed by atoms with Crippen LogP contribution in [0, 0.1) is 24.0 Å². The smallest absolute Gasteiger partial charge is 0.273 e. The Morgan fingerprint density at radius 3 is 2.63 bits per heavy atom. The first kappa shape index (κ1) is 19.6. The van der Waals surface area contributed by atoms with E-state index in [4.69, 9.17) is 16.0 Å². The number of nitrogens with zero attached hydrogens (tertiary/aromatic N) is 2. The number of hydrogen-bond acceptors (Lipinski definition) is 5. The SMILES string of the molecule is Cc1c(NC(=O)c2cccc([N+](=O)[O-])c2C)cccc1-c1nc2cc(Cl)ccc2o1. The summed E-state index contributed by atoms with van der Waals surface area (Å²) in [5.41, 5.74) is 3.73. The monoisotopic (exact) mass is 421 g/mol. The zero-order valence-electron chi connectivity index (χ0n) is 16.1. The molecule has 0 atom stereocenters. The second-order valence-corrected chi connectivity index (χ2v) is 7.21. The quantitative estimate of drug-likeness (QED) is 0.325. The molecule has 0 spiro atoms. The average Bonchev–Trinajstić information content (AvgIpc) is 3.12. The van der Waals surface area contributed by atoms with Crippen molar-refractivity contribution in [2.75, 3.05) is 5.32 Å². The third kappa shape index (κ3) is 3.51. The molecule has 150 valence electrons. The predicted molar refractivity (Wildman–Crippen MR) is 115 cm³/mol. The van der Waals surface area contributed by atoms with Crippen molar-refractivity contribution in [1.82, 2.24) is 4.98 Å². The summed E-state index contributed by atoms with van der Waals surface area (Å²) in [5, 5.41) is 14.6. The predicted octanol–water partition coefficient (Wildman–Crippen LogP) is 5.93. The Morgan fingerprint density at radius 2 is 1.87 bits per heavy atom. The van der Waals surface area contributed by atoms with E-state index in [9.17, 15) is 14.9 Å². The van der Waals surface area contributed by atoms with E-state index in [1.807, 2.05) is 13.0 Å². The number of benzene rings is 3. The fourth-order valence-corrected chi connectivity index (χ4v) is 3.44. The molecule has 0 radical (unpaired) electrons. The molecule has 0 bridgehead atoms. The maximum atomic E-state index is 12.8. The molecule has 0 saturated heterocycles. The molecule has 1 N–H and O–H groups in total. The van der Waals surface area contributed by atoms with Crippen molar-refractivity contribution in [3.63, 3.8) is 0 Å². The number of nitro groups is 1. The maximum absolute atomic E-state index is 12.8. The van der Waals surface area contributed by atoms with Crippen LogP contribution in [0.5, 0.6) is 0 Å². The first-order valence-electron chi connectivity index (χ1n) is 9.06. The number of oxazole rings is 1. The zero-order valence-corrected chi connectivity index (χ0v) is 16.9. The highest BCUT2D eigenvalue weighted by Gasteiger charge is 2.19. The number of carbonyl (C=O) groups is 1. The number of carbonyl (C=O) groups excluding carboxylic acids is 1. The van der Waals surface area contributed by atoms with Gasteiger partial charge in [0.15, 0.2) is 5.58 Å². The molecular formula is C22H16ClN3O4. The minimum absolute atomic E-state index is 0.0988. The fourth-order valence-electron chi connectivity index (χ4n) is 3.28. The second-order valence-electron chi connectivity index (χ2n) is 6.77. The van der Waals surface area contributed by atoms with Crippen molar-refractivity contribution in [3.05, 3.63) is 86.4 Å². The number of rotatable bonds is 4. The van der Waals surface area contributed by atoms with E-state index in [0.29, 0.717) is 33.3 Å². The molecule has 4 aromatic rings. The minimum atomic E-state index is -0.502. The molecule has 0 unspecified atom stereocenters. The van der Waals surface area contributed by atoms with E-state index in [-0.39, 0.29) is 11.3 Å². The van der Waals surface area contributed by atoms with Crippen LogP contribution in [-0.4, -0.2) is 15.8 Å². The Balaban J connectivity index is 1.69. The van der Waals surface area contributed by atoms with Gasteiger partial charge in [0.25, 0.3) is 11.6 Å². The third-order valence-electron chi connectivity index (χ3n) is 4.91. The summed E-state index contributed by atoms with van der Waals surface area (Å²) >= 11 is 6.02. The Hall–Kier alpha value is -3.71. The molecule has 1 heterocycles. The molecule has 0 saturated carbocycles. The van der Waals surface area contributed by atoms with E-state index in [2.05, 4.69) is 10.3 Å². The number of nitro benzene ring substituents is 1. The number of fused-ring (bicyclic) bond motifs is 1. The van der Waals surface area contributed by atoms with Gasteiger partial charge in [-0.15, -0.1) is 0 Å². The lowest BCUT2D eigenvalue weighted by molar-refractivity contribution is -0.385. The molecule has 0 aliphatic rings. The lowest BCUT2D eigenvalue weighted by atomic mass is 10.0. The summed E-state index contributed by atoms with van der Waals surface area (Å²) < 4.78 is 5.84. The van der Waals surface area contributed by atoms with Gasteiger partial charge in [0, 0.05) is 33.5 Å². The van der Waals surface area contributed by atoms with Crippen LogP contribution in [0.4, 0.5) is 11.4 Å². The molecule has 8 heteroatoms. The zero-order chi connectivity index (χ0) is 21.4. The average molecular weight is 422 g/mol. The molecule has 1 amide bonds. The maximum Gasteiger partial charge on any atom is 0.273 e. The van der Waals surface area contributed by atoms with Crippen LogP contribution in [0.25, 0.3) is 22.6 Å². The van der Waals surface area contributed by atoms with Crippen molar-refractivity contribution in [1.29, 1.82) is 0 Å². The van der Waals surface area contributed by atoms with E-state index < -0.39 is 10.8 Å². The standard InChI is InChI=1S/C22H16ClN3O4/c1-12-16(22-25-18-11-14(23)9-10-20(18)30-22)6-3-7-17(12)24-21(27)15-5-4-8-19(13(15)2)26(28)29/h3-11H,1-2H3,(H,24,27). The first-order valence-corrected chi connectivity index (χ1v) is 9.44. The Bertz CT molecular complexity index is 1310. The van der Waals surface area contributed by atoms with Crippen molar-refractivity contribution >= 4 is 40.0 Å². The van der Waals surface area contributed by atoms with Gasteiger partial charge in [-0.1, -0.05) is 23.7 Å². The van der Waals surface area contributed by atoms with E-state index >= 15 is 0 Å². The van der Waals surface area contributed by atoms with E-state index in [0.717, 1.165) is 11.1 Å². The van der Waals surface area contributed by atoms with Gasteiger partial charge in [-0.3, -0.25) is 14.9 Å². The highest BCUT2D eigenvalue weighted by Crippen LogP contribution is 2.32. The van der Waals surface area contributed by atoms with Gasteiger partial charge in [-0.05, 0) is 55.8 Å². The molecule has 0 fully saturated rings. The lowest BCUT2D eigenvalue weighted by Crippen LogP contribution is -2.15. The van der Waals surface area contributed by atoms with Crippen LogP contribution in [0.2, 0.25) is 5.02 Å². The molecule has 30 heavy (non-hydrogen) atoms.